The number of carbonyl (C=O) groups excluding carboxylic acids is 2. The van der Waals surface area contributed by atoms with Crippen LogP contribution >= 0.6 is 11.8 Å². The number of fused-ring (bicyclic) bond motifs is 1. The van der Waals surface area contributed by atoms with E-state index in [2.05, 4.69) is 5.32 Å². The number of para-hydroxylation sites is 1. The van der Waals surface area contributed by atoms with Gasteiger partial charge in [-0.15, -0.1) is 11.8 Å². The highest BCUT2D eigenvalue weighted by atomic mass is 32.2. The fourth-order valence-electron chi connectivity index (χ4n) is 3.49. The molecule has 1 aliphatic carbocycles. The molecule has 1 aliphatic heterocycles. The Morgan fingerprint density at radius 2 is 1.92 bits per heavy atom. The molecule has 0 saturated heterocycles. The van der Waals surface area contributed by atoms with Crippen molar-refractivity contribution in [3.05, 3.63) is 24.3 Å². The van der Waals surface area contributed by atoms with Crippen molar-refractivity contribution in [3.63, 3.8) is 0 Å². The number of hydrogen-bond donors (Lipinski definition) is 2. The number of carboxylic acid groups (broad SMARTS) is 1. The van der Waals surface area contributed by atoms with E-state index in [1.54, 1.807) is 0 Å². The molecular formula is C18H22N2O4S. The van der Waals surface area contributed by atoms with Gasteiger partial charge in [-0.05, 0) is 25.0 Å². The number of carboxylic acids is 1. The van der Waals surface area contributed by atoms with E-state index in [-0.39, 0.29) is 24.9 Å². The van der Waals surface area contributed by atoms with Gasteiger partial charge in [0.2, 0.25) is 11.8 Å². The molecule has 2 amide bonds. The van der Waals surface area contributed by atoms with Gasteiger partial charge in [0.1, 0.15) is 6.54 Å². The molecule has 1 saturated carbocycles. The second kappa shape index (κ2) is 7.47. The molecule has 0 bridgehead atoms. The molecule has 1 heterocycles. The standard InChI is InChI=1S/C18H22N2O4S/c21-15(19-12-18(17(23)24)8-4-1-5-9-18)10-20-13-6-2-3-7-14(13)25-11-16(20)22/h2-3,6-7H,1,4-5,8-12H2,(H,19,21)(H,23,24). The number of amides is 2. The molecule has 0 radical (unpaired) electrons. The Hall–Kier alpha value is -2.02. The topological polar surface area (TPSA) is 86.7 Å². The lowest BCUT2D eigenvalue weighted by Gasteiger charge is -2.34. The minimum absolute atomic E-state index is 0.0773. The van der Waals surface area contributed by atoms with Crippen LogP contribution in [0.5, 0.6) is 0 Å². The van der Waals surface area contributed by atoms with E-state index in [1.165, 1.54) is 16.7 Å². The van der Waals surface area contributed by atoms with Crippen LogP contribution < -0.4 is 10.2 Å². The molecule has 1 aromatic carbocycles. The summed E-state index contributed by atoms with van der Waals surface area (Å²) in [7, 11) is 0. The molecule has 25 heavy (non-hydrogen) atoms. The predicted molar refractivity (Wildman–Crippen MR) is 95.7 cm³/mol. The van der Waals surface area contributed by atoms with Crippen LogP contribution in [-0.2, 0) is 14.4 Å². The summed E-state index contributed by atoms with van der Waals surface area (Å²) in [6, 6.07) is 7.50. The number of anilines is 1. The molecule has 0 spiro atoms. The normalized spacial score (nSPS) is 19.2. The fourth-order valence-corrected chi connectivity index (χ4v) is 4.43. The van der Waals surface area contributed by atoms with E-state index < -0.39 is 11.4 Å². The van der Waals surface area contributed by atoms with Gasteiger partial charge >= 0.3 is 5.97 Å². The summed E-state index contributed by atoms with van der Waals surface area (Å²) in [4.78, 5) is 38.7. The van der Waals surface area contributed by atoms with Crippen LogP contribution in [0.2, 0.25) is 0 Å². The van der Waals surface area contributed by atoms with Gasteiger partial charge in [0, 0.05) is 11.4 Å². The lowest BCUT2D eigenvalue weighted by Crippen LogP contribution is -2.48. The van der Waals surface area contributed by atoms with Gasteiger partial charge in [0.25, 0.3) is 0 Å². The third-order valence-corrected chi connectivity index (χ3v) is 6.05. The van der Waals surface area contributed by atoms with Gasteiger partial charge < -0.3 is 15.3 Å². The number of nitrogens with one attached hydrogen (secondary N) is 1. The van der Waals surface area contributed by atoms with Crippen molar-refractivity contribution in [2.24, 2.45) is 5.41 Å². The van der Waals surface area contributed by atoms with Gasteiger partial charge in [0.05, 0.1) is 16.9 Å². The third kappa shape index (κ3) is 3.81. The number of thioether (sulfide) groups is 1. The largest absolute Gasteiger partial charge is 0.481 e. The Labute approximate surface area is 151 Å². The van der Waals surface area contributed by atoms with E-state index >= 15 is 0 Å². The summed E-state index contributed by atoms with van der Waals surface area (Å²) < 4.78 is 0. The van der Waals surface area contributed by atoms with Gasteiger partial charge in [0.15, 0.2) is 0 Å². The maximum Gasteiger partial charge on any atom is 0.311 e. The Morgan fingerprint density at radius 3 is 2.64 bits per heavy atom. The van der Waals surface area contributed by atoms with Gasteiger partial charge in [-0.2, -0.15) is 0 Å². The fraction of sp³-hybridized carbons (Fsp3) is 0.500. The van der Waals surface area contributed by atoms with Crippen LogP contribution in [0.15, 0.2) is 29.2 Å². The highest BCUT2D eigenvalue weighted by Gasteiger charge is 2.40. The van der Waals surface area contributed by atoms with Crippen molar-refractivity contribution >= 4 is 35.2 Å². The second-order valence-corrected chi connectivity index (χ2v) is 7.68. The predicted octanol–water partition coefficient (Wildman–Crippen LogP) is 2.28. The number of rotatable bonds is 5. The number of aliphatic carboxylic acids is 1. The van der Waals surface area contributed by atoms with Crippen molar-refractivity contribution < 1.29 is 19.5 Å². The van der Waals surface area contributed by atoms with E-state index in [1.807, 2.05) is 24.3 Å². The van der Waals surface area contributed by atoms with Crippen molar-refractivity contribution in [2.75, 3.05) is 23.7 Å². The zero-order valence-corrected chi connectivity index (χ0v) is 14.8. The first-order chi connectivity index (χ1) is 12.0. The highest BCUT2D eigenvalue weighted by molar-refractivity contribution is 8.00. The van der Waals surface area contributed by atoms with E-state index in [9.17, 15) is 19.5 Å². The molecule has 0 aromatic heterocycles. The van der Waals surface area contributed by atoms with E-state index in [4.69, 9.17) is 0 Å². The molecule has 2 aliphatic rings. The number of carbonyl (C=O) groups is 3. The molecular weight excluding hydrogens is 340 g/mol. The Balaban J connectivity index is 1.64. The van der Waals surface area contributed by atoms with E-state index in [0.717, 1.165) is 29.8 Å². The van der Waals surface area contributed by atoms with E-state index in [0.29, 0.717) is 18.6 Å². The maximum atomic E-state index is 12.4. The average molecular weight is 362 g/mol. The first-order valence-electron chi connectivity index (χ1n) is 8.54. The smallest absolute Gasteiger partial charge is 0.311 e. The van der Waals surface area contributed by atoms with Crippen LogP contribution in [-0.4, -0.2) is 41.7 Å². The molecule has 2 N–H and O–H groups in total. The lowest BCUT2D eigenvalue weighted by atomic mass is 9.74. The zero-order valence-electron chi connectivity index (χ0n) is 14.0. The van der Waals surface area contributed by atoms with Gasteiger partial charge in [-0.1, -0.05) is 31.4 Å². The molecule has 134 valence electrons. The van der Waals surface area contributed by atoms with Crippen molar-refractivity contribution in [2.45, 2.75) is 37.0 Å². The molecule has 3 rings (SSSR count). The van der Waals surface area contributed by atoms with Crippen molar-refractivity contribution in [1.82, 2.24) is 5.32 Å². The monoisotopic (exact) mass is 362 g/mol. The Morgan fingerprint density at radius 1 is 1.20 bits per heavy atom. The first kappa shape index (κ1) is 17.8. The van der Waals surface area contributed by atoms with Crippen molar-refractivity contribution in [1.29, 1.82) is 0 Å². The number of hydrogen-bond acceptors (Lipinski definition) is 4. The summed E-state index contributed by atoms with van der Waals surface area (Å²) >= 11 is 1.47. The van der Waals surface area contributed by atoms with Gasteiger partial charge in [-0.3, -0.25) is 14.4 Å². The zero-order chi connectivity index (χ0) is 17.9. The van der Waals surface area contributed by atoms with Crippen molar-refractivity contribution in [3.8, 4) is 0 Å². The SMILES string of the molecule is O=C(CN1C(=O)CSc2ccccc21)NCC1(C(=O)O)CCCCC1. The summed E-state index contributed by atoms with van der Waals surface area (Å²) in [5.41, 5.74) is -0.127. The molecule has 0 unspecified atom stereocenters. The summed E-state index contributed by atoms with van der Waals surface area (Å²) in [6.07, 6.45) is 3.96. The Bertz CT molecular complexity index is 685. The quantitative estimate of drug-likeness (QED) is 0.839. The summed E-state index contributed by atoms with van der Waals surface area (Å²) in [5, 5.41) is 12.3. The average Bonchev–Trinajstić information content (AvgIpc) is 2.63. The number of benzene rings is 1. The highest BCUT2D eigenvalue weighted by Crippen LogP contribution is 2.36. The second-order valence-electron chi connectivity index (χ2n) is 6.66. The minimum atomic E-state index is -0.867. The molecule has 1 aromatic rings. The lowest BCUT2D eigenvalue weighted by molar-refractivity contribution is -0.151. The van der Waals surface area contributed by atoms with Crippen LogP contribution in [0.3, 0.4) is 0 Å². The summed E-state index contributed by atoms with van der Waals surface area (Å²) in [5.74, 6) is -0.961. The molecule has 1 fully saturated rings. The van der Waals surface area contributed by atoms with Crippen LogP contribution in [0.1, 0.15) is 32.1 Å². The maximum absolute atomic E-state index is 12.4. The minimum Gasteiger partial charge on any atom is -0.481 e. The third-order valence-electron chi connectivity index (χ3n) is 5.00. The Kier molecular flexibility index (Phi) is 5.32. The van der Waals surface area contributed by atoms with Crippen LogP contribution in [0, 0.1) is 5.41 Å². The molecule has 7 heteroatoms. The van der Waals surface area contributed by atoms with Crippen LogP contribution in [0.4, 0.5) is 5.69 Å². The summed E-state index contributed by atoms with van der Waals surface area (Å²) in [6.45, 7) is 0.0473. The first-order valence-corrected chi connectivity index (χ1v) is 9.53. The molecule has 0 atom stereocenters. The van der Waals surface area contributed by atoms with Gasteiger partial charge in [-0.25, -0.2) is 0 Å². The van der Waals surface area contributed by atoms with Crippen LogP contribution in [0.25, 0.3) is 0 Å². The number of nitrogens with zero attached hydrogens (tertiary/aromatic N) is 1. The molecule has 6 nitrogen and oxygen atoms in total.